The van der Waals surface area contributed by atoms with Crippen LogP contribution >= 0.6 is 23.2 Å². The fourth-order valence-electron chi connectivity index (χ4n) is 1.53. The molecule has 3 heteroatoms. The molecule has 0 bridgehead atoms. The zero-order valence-electron chi connectivity index (χ0n) is 9.06. The van der Waals surface area contributed by atoms with Crippen molar-refractivity contribution in [3.63, 3.8) is 0 Å². The molecule has 0 radical (unpaired) electrons. The largest absolute Gasteiger partial charge is 0.390 e. The van der Waals surface area contributed by atoms with Crippen molar-refractivity contribution in [3.05, 3.63) is 33.8 Å². The van der Waals surface area contributed by atoms with Gasteiger partial charge in [-0.25, -0.2) is 0 Å². The van der Waals surface area contributed by atoms with Crippen LogP contribution in [0.1, 0.15) is 32.3 Å². The summed E-state index contributed by atoms with van der Waals surface area (Å²) in [6.07, 6.45) is 1.91. The van der Waals surface area contributed by atoms with Gasteiger partial charge in [-0.15, -0.1) is 0 Å². The van der Waals surface area contributed by atoms with Gasteiger partial charge in [0.05, 0.1) is 5.60 Å². The number of hydrogen-bond donors (Lipinski definition) is 1. The Labute approximate surface area is 101 Å². The van der Waals surface area contributed by atoms with Crippen molar-refractivity contribution in [2.24, 2.45) is 0 Å². The van der Waals surface area contributed by atoms with Crippen LogP contribution in [0.15, 0.2) is 18.2 Å². The molecular formula is C12H16Cl2O. The molecule has 0 aromatic heterocycles. The minimum absolute atomic E-state index is 0.512. The van der Waals surface area contributed by atoms with Crippen molar-refractivity contribution in [1.29, 1.82) is 0 Å². The predicted octanol–water partition coefficient (Wildman–Crippen LogP) is 4.09. The normalized spacial score (nSPS) is 11.8. The van der Waals surface area contributed by atoms with Gasteiger partial charge in [0, 0.05) is 16.5 Å². The Kier molecular flexibility index (Phi) is 4.45. The molecule has 0 aliphatic carbocycles. The highest BCUT2D eigenvalue weighted by molar-refractivity contribution is 6.36. The minimum atomic E-state index is -0.700. The second kappa shape index (κ2) is 5.20. The summed E-state index contributed by atoms with van der Waals surface area (Å²) >= 11 is 12.1. The zero-order chi connectivity index (χ0) is 11.5. The van der Waals surface area contributed by atoms with Crippen LogP contribution in [0.5, 0.6) is 0 Å². The van der Waals surface area contributed by atoms with Crippen LogP contribution in [0.25, 0.3) is 0 Å². The molecule has 0 fully saturated rings. The smallest absolute Gasteiger partial charge is 0.0683 e. The lowest BCUT2D eigenvalue weighted by Crippen LogP contribution is -2.29. The predicted molar refractivity (Wildman–Crippen MR) is 65.7 cm³/mol. The summed E-state index contributed by atoms with van der Waals surface area (Å²) in [5, 5.41) is 11.5. The highest BCUT2D eigenvalue weighted by Crippen LogP contribution is 2.30. The summed E-state index contributed by atoms with van der Waals surface area (Å²) in [6, 6.07) is 5.41. The van der Waals surface area contributed by atoms with Crippen molar-refractivity contribution < 1.29 is 5.11 Å². The highest BCUT2D eigenvalue weighted by Gasteiger charge is 2.24. The Bertz CT molecular complexity index is 312. The molecule has 0 unspecified atom stereocenters. The molecular weight excluding hydrogens is 231 g/mol. The molecule has 0 saturated heterocycles. The lowest BCUT2D eigenvalue weighted by Gasteiger charge is -2.26. The van der Waals surface area contributed by atoms with E-state index in [0.29, 0.717) is 29.3 Å². The van der Waals surface area contributed by atoms with Gasteiger partial charge in [0.2, 0.25) is 0 Å². The molecule has 1 nitrogen and oxygen atoms in total. The fraction of sp³-hybridized carbons (Fsp3) is 0.500. The van der Waals surface area contributed by atoms with E-state index < -0.39 is 5.60 Å². The van der Waals surface area contributed by atoms with Crippen molar-refractivity contribution in [3.8, 4) is 0 Å². The number of aliphatic hydroxyl groups is 1. The van der Waals surface area contributed by atoms with E-state index in [-0.39, 0.29) is 0 Å². The van der Waals surface area contributed by atoms with Gasteiger partial charge in [0.15, 0.2) is 0 Å². The third kappa shape index (κ3) is 3.10. The second-order valence-corrected chi connectivity index (χ2v) is 4.62. The van der Waals surface area contributed by atoms with Gasteiger partial charge in [-0.2, -0.15) is 0 Å². The first-order valence-corrected chi connectivity index (χ1v) is 5.93. The van der Waals surface area contributed by atoms with Gasteiger partial charge in [-0.3, -0.25) is 0 Å². The first-order chi connectivity index (χ1) is 7.02. The van der Waals surface area contributed by atoms with Gasteiger partial charge in [-0.1, -0.05) is 43.1 Å². The van der Waals surface area contributed by atoms with E-state index in [4.69, 9.17) is 23.2 Å². The molecule has 0 aliphatic rings. The monoisotopic (exact) mass is 246 g/mol. The number of hydrogen-bond acceptors (Lipinski definition) is 1. The quantitative estimate of drug-likeness (QED) is 0.849. The van der Waals surface area contributed by atoms with Gasteiger partial charge in [0.25, 0.3) is 0 Å². The summed E-state index contributed by atoms with van der Waals surface area (Å²) in [6.45, 7) is 3.93. The molecule has 84 valence electrons. The van der Waals surface area contributed by atoms with Crippen molar-refractivity contribution >= 4 is 23.2 Å². The van der Waals surface area contributed by atoms with Gasteiger partial charge < -0.3 is 5.11 Å². The Morgan fingerprint density at radius 1 is 1.13 bits per heavy atom. The summed E-state index contributed by atoms with van der Waals surface area (Å²) < 4.78 is 0. The average Bonchev–Trinajstić information content (AvgIpc) is 2.23. The average molecular weight is 247 g/mol. The second-order valence-electron chi connectivity index (χ2n) is 3.81. The first-order valence-electron chi connectivity index (χ1n) is 5.17. The number of halogens is 2. The minimum Gasteiger partial charge on any atom is -0.390 e. The maximum absolute atomic E-state index is 10.2. The molecule has 15 heavy (non-hydrogen) atoms. The van der Waals surface area contributed by atoms with Crippen LogP contribution in [0, 0.1) is 0 Å². The highest BCUT2D eigenvalue weighted by atomic mass is 35.5. The first kappa shape index (κ1) is 12.8. The van der Waals surface area contributed by atoms with E-state index in [2.05, 4.69) is 0 Å². The molecule has 1 rings (SSSR count). The van der Waals surface area contributed by atoms with E-state index in [1.54, 1.807) is 12.1 Å². The maximum Gasteiger partial charge on any atom is 0.0683 e. The van der Waals surface area contributed by atoms with Crippen LogP contribution in [-0.2, 0) is 6.42 Å². The van der Waals surface area contributed by atoms with Gasteiger partial charge in [-0.05, 0) is 30.5 Å². The van der Waals surface area contributed by atoms with E-state index in [1.165, 1.54) is 0 Å². The Morgan fingerprint density at radius 3 is 2.00 bits per heavy atom. The molecule has 1 aromatic rings. The molecule has 0 aliphatic heterocycles. The number of rotatable bonds is 4. The SMILES string of the molecule is CCC(O)(CC)Cc1c(Cl)cccc1Cl. The van der Waals surface area contributed by atoms with Crippen LogP contribution in [-0.4, -0.2) is 10.7 Å². The van der Waals surface area contributed by atoms with Crippen molar-refractivity contribution in [2.45, 2.75) is 38.7 Å². The summed E-state index contributed by atoms with van der Waals surface area (Å²) in [4.78, 5) is 0. The van der Waals surface area contributed by atoms with Crippen LogP contribution < -0.4 is 0 Å². The summed E-state index contributed by atoms with van der Waals surface area (Å²) in [5.41, 5.74) is 0.140. The molecule has 0 heterocycles. The molecule has 0 spiro atoms. The molecule has 0 saturated carbocycles. The van der Waals surface area contributed by atoms with Gasteiger partial charge in [0.1, 0.15) is 0 Å². The molecule has 1 N–H and O–H groups in total. The topological polar surface area (TPSA) is 20.2 Å². The standard InChI is InChI=1S/C12H16Cl2O/c1-3-12(15,4-2)8-9-10(13)6-5-7-11(9)14/h5-7,15H,3-4,8H2,1-2H3. The van der Waals surface area contributed by atoms with Crippen molar-refractivity contribution in [1.82, 2.24) is 0 Å². The van der Waals surface area contributed by atoms with E-state index in [1.807, 2.05) is 19.9 Å². The van der Waals surface area contributed by atoms with Crippen LogP contribution in [0.3, 0.4) is 0 Å². The summed E-state index contributed by atoms with van der Waals surface area (Å²) in [5.74, 6) is 0. The molecule has 0 atom stereocenters. The lowest BCUT2D eigenvalue weighted by atomic mass is 9.89. The Morgan fingerprint density at radius 2 is 1.60 bits per heavy atom. The molecule has 1 aromatic carbocycles. The van der Waals surface area contributed by atoms with Crippen LogP contribution in [0.2, 0.25) is 10.0 Å². The third-order valence-corrected chi connectivity index (χ3v) is 3.59. The summed E-state index contributed by atoms with van der Waals surface area (Å²) in [7, 11) is 0. The zero-order valence-corrected chi connectivity index (χ0v) is 10.6. The Balaban J connectivity index is 2.98. The maximum atomic E-state index is 10.2. The third-order valence-electron chi connectivity index (χ3n) is 2.88. The Hall–Kier alpha value is -0.240. The van der Waals surface area contributed by atoms with E-state index >= 15 is 0 Å². The fourth-order valence-corrected chi connectivity index (χ4v) is 2.06. The molecule has 0 amide bonds. The van der Waals surface area contributed by atoms with Crippen molar-refractivity contribution in [2.75, 3.05) is 0 Å². The van der Waals surface area contributed by atoms with E-state index in [9.17, 15) is 5.11 Å². The number of benzene rings is 1. The lowest BCUT2D eigenvalue weighted by molar-refractivity contribution is 0.0327. The van der Waals surface area contributed by atoms with Crippen LogP contribution in [0.4, 0.5) is 0 Å². The van der Waals surface area contributed by atoms with E-state index in [0.717, 1.165) is 5.56 Å². The van der Waals surface area contributed by atoms with Gasteiger partial charge >= 0.3 is 0 Å².